The molecular weight excluding hydrogens is 380 g/mol. The van der Waals surface area contributed by atoms with E-state index < -0.39 is 24.5 Å². The molecule has 1 amide bonds. The van der Waals surface area contributed by atoms with Crippen molar-refractivity contribution in [2.75, 3.05) is 24.3 Å². The molecule has 1 aliphatic rings. The zero-order valence-corrected chi connectivity index (χ0v) is 16.4. The first-order valence-corrected chi connectivity index (χ1v) is 9.95. The second kappa shape index (κ2) is 8.88. The number of nitrogens with two attached hydrogens (primary N) is 1. The Labute approximate surface area is 166 Å². The van der Waals surface area contributed by atoms with Gasteiger partial charge in [-0.2, -0.15) is 0 Å². The Balaban J connectivity index is 1.69. The highest BCUT2D eigenvalue weighted by Crippen LogP contribution is 2.38. The number of ether oxygens (including phenoxy) is 2. The summed E-state index contributed by atoms with van der Waals surface area (Å²) in [5.74, 6) is -1.59. The molecule has 0 saturated carbocycles. The molecule has 1 aromatic heterocycles. The van der Waals surface area contributed by atoms with Gasteiger partial charge in [0.25, 0.3) is 5.91 Å². The van der Waals surface area contributed by atoms with Crippen molar-refractivity contribution in [1.29, 1.82) is 0 Å². The third-order valence-electron chi connectivity index (χ3n) is 4.36. The Morgan fingerprint density at radius 1 is 1.14 bits per heavy atom. The summed E-state index contributed by atoms with van der Waals surface area (Å²) < 4.78 is 10.2. The summed E-state index contributed by atoms with van der Waals surface area (Å²) in [5.41, 5.74) is 7.73. The van der Waals surface area contributed by atoms with E-state index in [1.807, 2.05) is 0 Å². The Bertz CT molecular complexity index is 906. The highest BCUT2D eigenvalue weighted by Gasteiger charge is 2.27. The lowest BCUT2D eigenvalue weighted by Gasteiger charge is -2.12. The molecule has 0 saturated heterocycles. The molecule has 1 aromatic carbocycles. The fourth-order valence-electron chi connectivity index (χ4n) is 3.12. The van der Waals surface area contributed by atoms with Gasteiger partial charge in [0.15, 0.2) is 6.61 Å². The number of esters is 2. The van der Waals surface area contributed by atoms with Crippen LogP contribution in [0.5, 0.6) is 0 Å². The minimum atomic E-state index is -0.640. The van der Waals surface area contributed by atoms with Crippen molar-refractivity contribution in [2.24, 2.45) is 0 Å². The van der Waals surface area contributed by atoms with Gasteiger partial charge in [-0.05, 0) is 56.4 Å². The minimum Gasteiger partial charge on any atom is -0.462 e. The van der Waals surface area contributed by atoms with E-state index in [1.54, 1.807) is 25.1 Å². The van der Waals surface area contributed by atoms with Gasteiger partial charge >= 0.3 is 11.9 Å². The maximum Gasteiger partial charge on any atom is 0.341 e. The number of fused-ring (bicyclic) bond motifs is 1. The van der Waals surface area contributed by atoms with Crippen LogP contribution in [0.3, 0.4) is 0 Å². The van der Waals surface area contributed by atoms with Gasteiger partial charge in [-0.15, -0.1) is 11.3 Å². The number of anilines is 2. The number of hydrogen-bond donors (Lipinski definition) is 2. The zero-order chi connectivity index (χ0) is 20.1. The molecule has 8 heteroatoms. The third-order valence-corrected chi connectivity index (χ3v) is 5.57. The molecule has 0 fully saturated rings. The number of carbonyl (C=O) groups is 3. The molecule has 0 unspecified atom stereocenters. The van der Waals surface area contributed by atoms with Crippen LogP contribution in [-0.2, 0) is 27.1 Å². The normalized spacial score (nSPS) is 12.8. The van der Waals surface area contributed by atoms with E-state index in [0.29, 0.717) is 16.3 Å². The Morgan fingerprint density at radius 2 is 1.93 bits per heavy atom. The number of aryl methyl sites for hydroxylation is 1. The van der Waals surface area contributed by atoms with Gasteiger partial charge in [0.1, 0.15) is 5.00 Å². The van der Waals surface area contributed by atoms with Crippen molar-refractivity contribution >= 4 is 39.9 Å². The fraction of sp³-hybridized carbons (Fsp3) is 0.350. The first kappa shape index (κ1) is 19.9. The predicted molar refractivity (Wildman–Crippen MR) is 107 cm³/mol. The summed E-state index contributed by atoms with van der Waals surface area (Å²) in [6.07, 6.45) is 3.73. The van der Waals surface area contributed by atoms with E-state index in [-0.39, 0.29) is 12.2 Å². The fourth-order valence-corrected chi connectivity index (χ4v) is 4.41. The van der Waals surface area contributed by atoms with E-state index in [4.69, 9.17) is 15.2 Å². The summed E-state index contributed by atoms with van der Waals surface area (Å²) in [7, 11) is 0. The molecule has 148 valence electrons. The average molecular weight is 402 g/mol. The van der Waals surface area contributed by atoms with Gasteiger partial charge in [0, 0.05) is 10.6 Å². The summed E-state index contributed by atoms with van der Waals surface area (Å²) >= 11 is 1.39. The Morgan fingerprint density at radius 3 is 2.68 bits per heavy atom. The molecule has 1 aliphatic carbocycles. The van der Waals surface area contributed by atoms with Crippen LogP contribution < -0.4 is 11.1 Å². The van der Waals surface area contributed by atoms with E-state index in [0.717, 1.165) is 36.1 Å². The number of rotatable bonds is 6. The number of carbonyl (C=O) groups excluding carboxylic acids is 3. The van der Waals surface area contributed by atoms with Gasteiger partial charge in [-0.25, -0.2) is 9.59 Å². The molecule has 0 aliphatic heterocycles. The summed E-state index contributed by atoms with van der Waals surface area (Å²) in [4.78, 5) is 37.8. The molecule has 1 heterocycles. The number of amides is 1. The average Bonchev–Trinajstić information content (AvgIpc) is 3.04. The number of benzene rings is 1. The Kier molecular flexibility index (Phi) is 6.30. The molecule has 7 nitrogen and oxygen atoms in total. The first-order valence-electron chi connectivity index (χ1n) is 9.13. The second-order valence-electron chi connectivity index (χ2n) is 6.39. The smallest absolute Gasteiger partial charge is 0.341 e. The Hall–Kier alpha value is -2.87. The second-order valence-corrected chi connectivity index (χ2v) is 7.49. The van der Waals surface area contributed by atoms with E-state index in [2.05, 4.69) is 5.32 Å². The number of hydrogen-bond acceptors (Lipinski definition) is 7. The van der Waals surface area contributed by atoms with Crippen LogP contribution in [0.2, 0.25) is 0 Å². The number of thiophene rings is 1. The lowest BCUT2D eigenvalue weighted by atomic mass is 9.95. The minimum absolute atomic E-state index is 0.259. The van der Waals surface area contributed by atoms with Gasteiger partial charge in [0.2, 0.25) is 0 Å². The largest absolute Gasteiger partial charge is 0.462 e. The molecule has 3 N–H and O–H groups in total. The summed E-state index contributed by atoms with van der Waals surface area (Å²) in [5, 5.41) is 3.16. The van der Waals surface area contributed by atoms with Crippen LogP contribution in [0.15, 0.2) is 24.3 Å². The van der Waals surface area contributed by atoms with Gasteiger partial charge < -0.3 is 20.5 Å². The standard InChI is InChI=1S/C20H22N2O5S/c1-2-26-20(25)17-14-8-3-4-9-15(14)28-18(17)22-16(23)11-27-19(24)12-6-5-7-13(21)10-12/h5-7,10H,2-4,8-9,11,21H2,1H3,(H,22,23). The van der Waals surface area contributed by atoms with Crippen LogP contribution in [-0.4, -0.2) is 31.1 Å². The third kappa shape index (κ3) is 4.51. The number of nitrogen functional groups attached to an aromatic ring is 1. The van der Waals surface area contributed by atoms with Crippen molar-refractivity contribution in [3.05, 3.63) is 45.8 Å². The lowest BCUT2D eigenvalue weighted by Crippen LogP contribution is -2.22. The highest BCUT2D eigenvalue weighted by molar-refractivity contribution is 7.17. The summed E-state index contributed by atoms with van der Waals surface area (Å²) in [6, 6.07) is 6.32. The topological polar surface area (TPSA) is 108 Å². The van der Waals surface area contributed by atoms with Crippen LogP contribution in [0, 0.1) is 0 Å². The SMILES string of the molecule is CCOC(=O)c1c(NC(=O)COC(=O)c2cccc(N)c2)sc2c1CCCC2. The van der Waals surface area contributed by atoms with Gasteiger partial charge in [0.05, 0.1) is 17.7 Å². The zero-order valence-electron chi connectivity index (χ0n) is 15.6. The molecular formula is C20H22N2O5S. The molecule has 0 atom stereocenters. The van der Waals surface area contributed by atoms with Crippen molar-refractivity contribution < 1.29 is 23.9 Å². The molecule has 0 bridgehead atoms. The van der Waals surface area contributed by atoms with Crippen LogP contribution in [0.1, 0.15) is 50.9 Å². The molecule has 0 radical (unpaired) electrons. The van der Waals surface area contributed by atoms with E-state index in [9.17, 15) is 14.4 Å². The molecule has 2 aromatic rings. The van der Waals surface area contributed by atoms with Crippen LogP contribution in [0.4, 0.5) is 10.7 Å². The van der Waals surface area contributed by atoms with Crippen LogP contribution in [0.25, 0.3) is 0 Å². The van der Waals surface area contributed by atoms with Crippen molar-refractivity contribution in [3.63, 3.8) is 0 Å². The summed E-state index contributed by atoms with van der Waals surface area (Å²) in [6.45, 7) is 1.54. The first-order chi connectivity index (χ1) is 13.5. The highest BCUT2D eigenvalue weighted by atomic mass is 32.1. The molecule has 28 heavy (non-hydrogen) atoms. The monoisotopic (exact) mass is 402 g/mol. The number of nitrogens with one attached hydrogen (secondary N) is 1. The molecule has 0 spiro atoms. The predicted octanol–water partition coefficient (Wildman–Crippen LogP) is 3.18. The van der Waals surface area contributed by atoms with Crippen LogP contribution >= 0.6 is 11.3 Å². The molecule has 3 rings (SSSR count). The van der Waals surface area contributed by atoms with Crippen molar-refractivity contribution in [1.82, 2.24) is 0 Å². The quantitative estimate of drug-likeness (QED) is 0.568. The van der Waals surface area contributed by atoms with Gasteiger partial charge in [-0.1, -0.05) is 6.07 Å². The van der Waals surface area contributed by atoms with Gasteiger partial charge in [-0.3, -0.25) is 4.79 Å². The van der Waals surface area contributed by atoms with E-state index >= 15 is 0 Å². The maximum atomic E-state index is 12.4. The van der Waals surface area contributed by atoms with E-state index in [1.165, 1.54) is 17.4 Å². The lowest BCUT2D eigenvalue weighted by molar-refractivity contribution is -0.119. The van der Waals surface area contributed by atoms with Crippen molar-refractivity contribution in [3.8, 4) is 0 Å². The maximum absolute atomic E-state index is 12.4. The van der Waals surface area contributed by atoms with Crippen molar-refractivity contribution in [2.45, 2.75) is 32.6 Å².